The Hall–Kier alpha value is -0.700. The number of aryl methyl sites for hydroxylation is 1. The average Bonchev–Trinajstić information content (AvgIpc) is 2.56. The summed E-state index contributed by atoms with van der Waals surface area (Å²) in [6.45, 7) is 7.44. The fourth-order valence-electron chi connectivity index (χ4n) is 2.40. The van der Waals surface area contributed by atoms with Crippen LogP contribution in [0, 0.1) is 6.92 Å². The van der Waals surface area contributed by atoms with E-state index in [0.29, 0.717) is 0 Å². The zero-order valence-corrected chi connectivity index (χ0v) is 18.9. The van der Waals surface area contributed by atoms with Gasteiger partial charge in [-0.1, -0.05) is 6.07 Å². The fraction of sp³-hybridized carbons (Fsp3) is 0.667. The Balaban J connectivity index is 0.00000576. The summed E-state index contributed by atoms with van der Waals surface area (Å²) >= 11 is 1.89. The molecule has 5 nitrogen and oxygen atoms in total. The van der Waals surface area contributed by atoms with E-state index in [2.05, 4.69) is 28.8 Å². The van der Waals surface area contributed by atoms with Crippen LogP contribution in [0.4, 0.5) is 0 Å². The summed E-state index contributed by atoms with van der Waals surface area (Å²) in [5.74, 6) is 2.10. The Morgan fingerprint density at radius 3 is 2.68 bits per heavy atom. The third kappa shape index (κ3) is 10.8. The number of halogens is 1. The highest BCUT2D eigenvalue weighted by Gasteiger charge is 2.00. The Morgan fingerprint density at radius 1 is 1.20 bits per heavy atom. The first-order valence-electron chi connectivity index (χ1n) is 8.86. The lowest BCUT2D eigenvalue weighted by Crippen LogP contribution is -2.38. The highest BCUT2D eigenvalue weighted by molar-refractivity contribution is 14.0. The summed E-state index contributed by atoms with van der Waals surface area (Å²) in [6, 6.07) is 5.42. The third-order valence-corrected chi connectivity index (χ3v) is 4.44. The molecule has 0 saturated carbocycles. The highest BCUT2D eigenvalue weighted by Crippen LogP contribution is 1.99. The summed E-state index contributed by atoms with van der Waals surface area (Å²) in [5.41, 5.74) is 1.11. The molecule has 0 aliphatic rings. The van der Waals surface area contributed by atoms with E-state index >= 15 is 0 Å². The molecular formula is C18H33IN4OS. The first-order valence-corrected chi connectivity index (χ1v) is 10.3. The number of rotatable bonds is 11. The van der Waals surface area contributed by atoms with E-state index in [9.17, 15) is 4.79 Å². The number of guanidine groups is 1. The van der Waals surface area contributed by atoms with E-state index in [0.717, 1.165) is 57.1 Å². The molecule has 1 rings (SSSR count). The molecule has 2 N–H and O–H groups in total. The van der Waals surface area contributed by atoms with Gasteiger partial charge < -0.3 is 15.2 Å². The van der Waals surface area contributed by atoms with Gasteiger partial charge in [0.05, 0.1) is 0 Å². The number of nitrogens with one attached hydrogen (secondary N) is 2. The second-order valence-electron chi connectivity index (χ2n) is 5.75. The standard InChI is InChI=1S/C18H32N4OS.HI/c1-4-19-18(21-13-6-8-15-24-3)20-12-5-7-14-22-16(2)10-9-11-17(22)23;/h9-11H,4-8,12-15H2,1-3H3,(H2,19,20,21);1H. The van der Waals surface area contributed by atoms with Crippen molar-refractivity contribution < 1.29 is 0 Å². The number of aromatic nitrogens is 1. The van der Waals surface area contributed by atoms with Gasteiger partial charge in [-0.2, -0.15) is 11.8 Å². The molecule has 7 heteroatoms. The zero-order valence-electron chi connectivity index (χ0n) is 15.7. The van der Waals surface area contributed by atoms with Gasteiger partial charge in [0.1, 0.15) is 0 Å². The van der Waals surface area contributed by atoms with Crippen LogP contribution in [0.25, 0.3) is 0 Å². The van der Waals surface area contributed by atoms with E-state index in [1.165, 1.54) is 12.2 Å². The van der Waals surface area contributed by atoms with Gasteiger partial charge in [0.25, 0.3) is 5.56 Å². The highest BCUT2D eigenvalue weighted by atomic mass is 127. The molecule has 0 aliphatic heterocycles. The lowest BCUT2D eigenvalue weighted by atomic mass is 10.3. The largest absolute Gasteiger partial charge is 0.357 e. The maximum Gasteiger partial charge on any atom is 0.250 e. The molecule has 25 heavy (non-hydrogen) atoms. The number of hydrogen-bond donors (Lipinski definition) is 2. The molecule has 0 unspecified atom stereocenters. The first-order chi connectivity index (χ1) is 11.7. The normalized spacial score (nSPS) is 11.1. The smallest absolute Gasteiger partial charge is 0.250 e. The molecule has 0 radical (unpaired) electrons. The van der Waals surface area contributed by atoms with Crippen molar-refractivity contribution in [3.05, 3.63) is 34.2 Å². The van der Waals surface area contributed by atoms with Crippen LogP contribution < -0.4 is 16.2 Å². The maximum atomic E-state index is 11.8. The van der Waals surface area contributed by atoms with E-state index in [-0.39, 0.29) is 29.5 Å². The van der Waals surface area contributed by atoms with E-state index < -0.39 is 0 Å². The van der Waals surface area contributed by atoms with Crippen molar-refractivity contribution in [2.24, 2.45) is 4.99 Å². The molecule has 1 aromatic heterocycles. The van der Waals surface area contributed by atoms with Gasteiger partial charge in [-0.25, -0.2) is 0 Å². The third-order valence-electron chi connectivity index (χ3n) is 3.74. The number of unbranched alkanes of at least 4 members (excludes halogenated alkanes) is 2. The topological polar surface area (TPSA) is 58.4 Å². The van der Waals surface area contributed by atoms with Crippen molar-refractivity contribution in [3.8, 4) is 0 Å². The van der Waals surface area contributed by atoms with Crippen molar-refractivity contribution >= 4 is 41.7 Å². The van der Waals surface area contributed by atoms with Crippen LogP contribution >= 0.6 is 35.7 Å². The summed E-state index contributed by atoms with van der Waals surface area (Å²) in [5, 5.41) is 6.65. The fourth-order valence-corrected chi connectivity index (χ4v) is 2.90. The van der Waals surface area contributed by atoms with Crippen molar-refractivity contribution in [3.63, 3.8) is 0 Å². The minimum Gasteiger partial charge on any atom is -0.357 e. The van der Waals surface area contributed by atoms with E-state index in [1.54, 1.807) is 6.07 Å². The van der Waals surface area contributed by atoms with Crippen LogP contribution in [-0.4, -0.2) is 42.2 Å². The molecule has 0 fully saturated rings. The quantitative estimate of drug-likeness (QED) is 0.221. The van der Waals surface area contributed by atoms with Crippen molar-refractivity contribution in [2.75, 3.05) is 31.6 Å². The van der Waals surface area contributed by atoms with Crippen molar-refractivity contribution in [1.29, 1.82) is 0 Å². The predicted molar refractivity (Wildman–Crippen MR) is 122 cm³/mol. The zero-order chi connectivity index (χ0) is 17.6. The molecule has 0 aromatic carbocycles. The Bertz CT molecular complexity index is 548. The number of aliphatic imine (C=N–C) groups is 1. The molecule has 0 amide bonds. The number of nitrogens with zero attached hydrogens (tertiary/aromatic N) is 2. The van der Waals surface area contributed by atoms with E-state index in [4.69, 9.17) is 0 Å². The summed E-state index contributed by atoms with van der Waals surface area (Å²) in [4.78, 5) is 16.4. The Labute approximate surface area is 173 Å². The van der Waals surface area contributed by atoms with Gasteiger partial charge in [-0.3, -0.25) is 9.79 Å². The van der Waals surface area contributed by atoms with Gasteiger partial charge in [0.15, 0.2) is 5.96 Å². The lowest BCUT2D eigenvalue weighted by Gasteiger charge is -2.12. The molecule has 0 aliphatic carbocycles. The van der Waals surface area contributed by atoms with Gasteiger partial charge in [-0.05, 0) is 57.6 Å². The van der Waals surface area contributed by atoms with Crippen LogP contribution in [0.5, 0.6) is 0 Å². The van der Waals surface area contributed by atoms with Crippen molar-refractivity contribution in [1.82, 2.24) is 15.2 Å². The molecule has 0 saturated heterocycles. The molecule has 1 heterocycles. The lowest BCUT2D eigenvalue weighted by molar-refractivity contribution is 0.574. The average molecular weight is 480 g/mol. The van der Waals surface area contributed by atoms with Gasteiger partial charge >= 0.3 is 0 Å². The number of hydrogen-bond acceptors (Lipinski definition) is 3. The number of pyridine rings is 1. The van der Waals surface area contributed by atoms with Crippen LogP contribution in [0.3, 0.4) is 0 Å². The molecule has 144 valence electrons. The summed E-state index contributed by atoms with van der Waals surface area (Å²) < 4.78 is 1.84. The molecular weight excluding hydrogens is 447 g/mol. The van der Waals surface area contributed by atoms with Crippen molar-refractivity contribution in [2.45, 2.75) is 46.1 Å². The SMILES string of the molecule is CCNC(=NCCCCSC)NCCCCn1c(C)cccc1=O.I. The summed E-state index contributed by atoms with van der Waals surface area (Å²) in [6.07, 6.45) is 6.48. The van der Waals surface area contributed by atoms with Crippen LogP contribution in [0.15, 0.2) is 28.0 Å². The first kappa shape index (κ1) is 24.3. The monoisotopic (exact) mass is 480 g/mol. The minimum absolute atomic E-state index is 0. The van der Waals surface area contributed by atoms with Gasteiger partial charge in [0, 0.05) is 37.9 Å². The van der Waals surface area contributed by atoms with Gasteiger partial charge in [-0.15, -0.1) is 24.0 Å². The number of thioether (sulfide) groups is 1. The van der Waals surface area contributed by atoms with Crippen LogP contribution in [0.1, 0.15) is 38.3 Å². The Kier molecular flexibility index (Phi) is 15.1. The molecule has 0 bridgehead atoms. The second-order valence-corrected chi connectivity index (χ2v) is 6.74. The Morgan fingerprint density at radius 2 is 2.00 bits per heavy atom. The molecule has 1 aromatic rings. The summed E-state index contributed by atoms with van der Waals surface area (Å²) in [7, 11) is 0. The van der Waals surface area contributed by atoms with E-state index in [1.807, 2.05) is 35.4 Å². The van der Waals surface area contributed by atoms with Gasteiger partial charge in [0.2, 0.25) is 0 Å². The van der Waals surface area contributed by atoms with Crippen LogP contribution in [-0.2, 0) is 6.54 Å². The molecule has 0 spiro atoms. The maximum absolute atomic E-state index is 11.8. The van der Waals surface area contributed by atoms with Crippen LogP contribution in [0.2, 0.25) is 0 Å². The molecule has 0 atom stereocenters. The predicted octanol–water partition coefficient (Wildman–Crippen LogP) is 3.25. The second kappa shape index (κ2) is 15.5. The minimum atomic E-state index is 0.